The minimum Gasteiger partial charge on any atom is -0.483 e. The molecule has 2 atom stereocenters. The van der Waals surface area contributed by atoms with Crippen molar-refractivity contribution in [1.82, 2.24) is 0 Å². The third-order valence-corrected chi connectivity index (χ3v) is 4.84. The van der Waals surface area contributed by atoms with Crippen LogP contribution in [-0.2, 0) is 0 Å². The van der Waals surface area contributed by atoms with E-state index in [1.807, 2.05) is 24.3 Å². The van der Waals surface area contributed by atoms with E-state index in [4.69, 9.17) is 22.1 Å². The van der Waals surface area contributed by atoms with E-state index >= 15 is 0 Å². The molecular weight excluding hydrogens is 302 g/mol. The Morgan fingerprint density at radius 3 is 2.29 bits per heavy atom. The van der Waals surface area contributed by atoms with E-state index in [9.17, 15) is 0 Å². The van der Waals surface area contributed by atoms with Gasteiger partial charge in [-0.3, -0.25) is 0 Å². The number of halogens is 1. The van der Waals surface area contributed by atoms with Crippen LogP contribution in [-0.4, -0.2) is 6.04 Å². The van der Waals surface area contributed by atoms with Crippen LogP contribution in [0.4, 0.5) is 0 Å². The lowest BCUT2D eigenvalue weighted by atomic mass is 10.0. The summed E-state index contributed by atoms with van der Waals surface area (Å²) in [5.74, 6) is 1.36. The van der Waals surface area contributed by atoms with E-state index < -0.39 is 0 Å². The van der Waals surface area contributed by atoms with E-state index in [1.165, 1.54) is 16.9 Å². The summed E-state index contributed by atoms with van der Waals surface area (Å²) in [7, 11) is 0. The van der Waals surface area contributed by atoms with Crippen molar-refractivity contribution < 1.29 is 4.74 Å². The topological polar surface area (TPSA) is 35.2 Å². The van der Waals surface area contributed by atoms with Crippen LogP contribution in [0.5, 0.6) is 5.75 Å². The van der Waals surface area contributed by atoms with Gasteiger partial charge >= 0.3 is 0 Å². The molecule has 2 rings (SSSR count). The number of rotatable bonds is 6. The van der Waals surface area contributed by atoms with Crippen LogP contribution >= 0.6 is 22.9 Å². The molecular formula is C17H22ClNOS. The largest absolute Gasteiger partial charge is 0.483 e. The molecule has 2 nitrogen and oxygen atoms in total. The summed E-state index contributed by atoms with van der Waals surface area (Å²) in [4.78, 5) is 1.07. The Bertz CT molecular complexity index is 564. The van der Waals surface area contributed by atoms with Crippen molar-refractivity contribution in [1.29, 1.82) is 0 Å². The smallest absolute Gasteiger partial charge is 0.148 e. The number of nitrogens with two attached hydrogens (primary N) is 1. The molecule has 114 valence electrons. The zero-order chi connectivity index (χ0) is 15.4. The summed E-state index contributed by atoms with van der Waals surface area (Å²) >= 11 is 7.56. The SMILES string of the molecule is CCC(N)C(Oc1ccc(C(C)C)cc1)c1ccc(Cl)s1. The first-order valence-corrected chi connectivity index (χ1v) is 8.48. The van der Waals surface area contributed by atoms with Crippen LogP contribution in [0.3, 0.4) is 0 Å². The lowest BCUT2D eigenvalue weighted by Gasteiger charge is -2.23. The van der Waals surface area contributed by atoms with Gasteiger partial charge in [0.25, 0.3) is 0 Å². The molecule has 0 saturated carbocycles. The molecule has 0 amide bonds. The third kappa shape index (κ3) is 4.22. The zero-order valence-electron chi connectivity index (χ0n) is 12.7. The Morgan fingerprint density at radius 1 is 1.14 bits per heavy atom. The molecule has 4 heteroatoms. The van der Waals surface area contributed by atoms with Gasteiger partial charge in [0, 0.05) is 10.9 Å². The van der Waals surface area contributed by atoms with Crippen molar-refractivity contribution in [2.45, 2.75) is 45.3 Å². The molecule has 0 aliphatic carbocycles. The second-order valence-electron chi connectivity index (χ2n) is 5.48. The van der Waals surface area contributed by atoms with E-state index in [0.29, 0.717) is 5.92 Å². The fourth-order valence-electron chi connectivity index (χ4n) is 2.13. The first-order chi connectivity index (χ1) is 10.0. The summed E-state index contributed by atoms with van der Waals surface area (Å²) in [5, 5.41) is 0. The zero-order valence-corrected chi connectivity index (χ0v) is 14.2. The average molecular weight is 324 g/mol. The summed E-state index contributed by atoms with van der Waals surface area (Å²) in [6.45, 7) is 6.43. The minimum absolute atomic E-state index is 0.0514. The highest BCUT2D eigenvalue weighted by atomic mass is 35.5. The minimum atomic E-state index is -0.155. The van der Waals surface area contributed by atoms with Crippen molar-refractivity contribution >= 4 is 22.9 Å². The van der Waals surface area contributed by atoms with Crippen molar-refractivity contribution in [2.24, 2.45) is 5.73 Å². The predicted molar refractivity (Wildman–Crippen MR) is 91.5 cm³/mol. The molecule has 2 N–H and O–H groups in total. The van der Waals surface area contributed by atoms with Crippen molar-refractivity contribution in [3.63, 3.8) is 0 Å². The van der Waals surface area contributed by atoms with E-state index in [0.717, 1.165) is 21.4 Å². The fraction of sp³-hybridized carbons (Fsp3) is 0.412. The predicted octanol–water partition coefficient (Wildman–Crippen LogP) is 5.38. The molecule has 0 aliphatic rings. The highest BCUT2D eigenvalue weighted by molar-refractivity contribution is 7.16. The maximum atomic E-state index is 6.22. The molecule has 0 radical (unpaired) electrons. The third-order valence-electron chi connectivity index (χ3n) is 3.54. The molecule has 1 aromatic carbocycles. The molecule has 21 heavy (non-hydrogen) atoms. The van der Waals surface area contributed by atoms with Crippen molar-refractivity contribution in [3.05, 3.63) is 51.2 Å². The Balaban J connectivity index is 2.18. The van der Waals surface area contributed by atoms with Gasteiger partial charge in [-0.1, -0.05) is 44.5 Å². The van der Waals surface area contributed by atoms with Gasteiger partial charge in [0.15, 0.2) is 0 Å². The van der Waals surface area contributed by atoms with Gasteiger partial charge in [-0.25, -0.2) is 0 Å². The number of hydrogen-bond donors (Lipinski definition) is 1. The normalized spacial score (nSPS) is 14.2. The number of ether oxygens (including phenoxy) is 1. The molecule has 2 aromatic rings. The molecule has 0 fully saturated rings. The molecule has 1 aromatic heterocycles. The average Bonchev–Trinajstić information content (AvgIpc) is 2.90. The summed E-state index contributed by atoms with van der Waals surface area (Å²) < 4.78 is 6.89. The van der Waals surface area contributed by atoms with Crippen LogP contribution < -0.4 is 10.5 Å². The lowest BCUT2D eigenvalue weighted by molar-refractivity contribution is 0.174. The van der Waals surface area contributed by atoms with Gasteiger partial charge in [0.05, 0.1) is 4.34 Å². The molecule has 2 unspecified atom stereocenters. The summed E-state index contributed by atoms with van der Waals surface area (Å²) in [6, 6.07) is 12.1. The second kappa shape index (κ2) is 7.30. The van der Waals surface area contributed by atoms with Gasteiger partial charge in [-0.2, -0.15) is 0 Å². The van der Waals surface area contributed by atoms with Gasteiger partial charge in [-0.05, 0) is 42.2 Å². The Hall–Kier alpha value is -1.03. The van der Waals surface area contributed by atoms with Crippen LogP contribution in [0.1, 0.15) is 49.7 Å². The Kier molecular flexibility index (Phi) is 5.68. The molecule has 0 bridgehead atoms. The number of thiophene rings is 1. The Morgan fingerprint density at radius 2 is 1.81 bits per heavy atom. The maximum Gasteiger partial charge on any atom is 0.148 e. The molecule has 1 heterocycles. The van der Waals surface area contributed by atoms with Crippen molar-refractivity contribution in [3.8, 4) is 5.75 Å². The first-order valence-electron chi connectivity index (χ1n) is 7.28. The van der Waals surface area contributed by atoms with Crippen LogP contribution in [0.25, 0.3) is 0 Å². The fourth-order valence-corrected chi connectivity index (χ4v) is 3.30. The lowest BCUT2D eigenvalue weighted by Crippen LogP contribution is -2.30. The van der Waals surface area contributed by atoms with Crippen molar-refractivity contribution in [2.75, 3.05) is 0 Å². The maximum absolute atomic E-state index is 6.22. The highest BCUT2D eigenvalue weighted by Crippen LogP contribution is 2.33. The van der Waals surface area contributed by atoms with Crippen LogP contribution in [0.15, 0.2) is 36.4 Å². The van der Waals surface area contributed by atoms with Gasteiger partial charge in [-0.15, -0.1) is 11.3 Å². The second-order valence-corrected chi connectivity index (χ2v) is 7.22. The monoisotopic (exact) mass is 323 g/mol. The summed E-state index contributed by atoms with van der Waals surface area (Å²) in [5.41, 5.74) is 7.53. The van der Waals surface area contributed by atoms with Crippen LogP contribution in [0, 0.1) is 0 Å². The Labute approximate surface area is 135 Å². The van der Waals surface area contributed by atoms with Gasteiger partial charge < -0.3 is 10.5 Å². The quantitative estimate of drug-likeness (QED) is 0.774. The highest BCUT2D eigenvalue weighted by Gasteiger charge is 2.22. The molecule has 0 aliphatic heterocycles. The van der Waals surface area contributed by atoms with Crippen LogP contribution in [0.2, 0.25) is 4.34 Å². The van der Waals surface area contributed by atoms with E-state index in [-0.39, 0.29) is 12.1 Å². The van der Waals surface area contributed by atoms with E-state index in [1.54, 1.807) is 0 Å². The first kappa shape index (κ1) is 16.3. The summed E-state index contributed by atoms with van der Waals surface area (Å²) in [6.07, 6.45) is 0.696. The van der Waals surface area contributed by atoms with Gasteiger partial charge in [0.1, 0.15) is 11.9 Å². The molecule has 0 spiro atoms. The molecule has 0 saturated heterocycles. The van der Waals surface area contributed by atoms with E-state index in [2.05, 4.69) is 32.9 Å². The number of hydrogen-bond acceptors (Lipinski definition) is 3. The standard InChI is InChI=1S/C17H22ClNOS/c1-4-14(19)17(15-9-10-16(18)21-15)20-13-7-5-12(6-8-13)11(2)3/h5-11,14,17H,4,19H2,1-3H3. The number of benzene rings is 1. The van der Waals surface area contributed by atoms with Gasteiger partial charge in [0.2, 0.25) is 0 Å².